The van der Waals surface area contributed by atoms with Crippen LogP contribution >= 0.6 is 11.6 Å². The largest absolute Gasteiger partial charge is 0.337 e. The fourth-order valence-corrected chi connectivity index (χ4v) is 0.538. The molecule has 0 atom stereocenters. The smallest absolute Gasteiger partial charge is 0.203 e. The number of rotatable bonds is 0. The highest BCUT2D eigenvalue weighted by molar-refractivity contribution is 6.30. The summed E-state index contributed by atoms with van der Waals surface area (Å²) in [6, 6.07) is 0.794. The van der Waals surface area contributed by atoms with E-state index in [2.05, 4.69) is 4.98 Å². The lowest BCUT2D eigenvalue weighted by Gasteiger charge is -1.86. The maximum Gasteiger partial charge on any atom is 0.203 e. The van der Waals surface area contributed by atoms with Gasteiger partial charge in [0.15, 0.2) is 5.95 Å². The molecule has 1 aromatic heterocycles. The molecular weight excluding hydrogens is 145 g/mol. The first-order valence-electron chi connectivity index (χ1n) is 2.24. The average Bonchev–Trinajstić information content (AvgIpc) is 1.80. The molecule has 1 heterocycles. The molecule has 48 valence electrons. The standard InChI is InChI=1S/C5H3ClFNO/c6-3-2-8-5(7)1-4(3)9/h1-2H,(H,8,9). The molecule has 9 heavy (non-hydrogen) atoms. The van der Waals surface area contributed by atoms with Gasteiger partial charge in [0.2, 0.25) is 5.43 Å². The molecule has 0 radical (unpaired) electrons. The van der Waals surface area contributed by atoms with E-state index in [1.165, 1.54) is 0 Å². The molecule has 0 fully saturated rings. The second-order valence-electron chi connectivity index (χ2n) is 1.49. The lowest BCUT2D eigenvalue weighted by Crippen LogP contribution is -2.01. The predicted octanol–water partition coefficient (Wildman–Crippen LogP) is 1.17. The van der Waals surface area contributed by atoms with Crippen LogP contribution in [0.1, 0.15) is 0 Å². The molecule has 1 aromatic rings. The van der Waals surface area contributed by atoms with E-state index < -0.39 is 11.4 Å². The van der Waals surface area contributed by atoms with Crippen molar-refractivity contribution in [2.75, 3.05) is 0 Å². The summed E-state index contributed by atoms with van der Waals surface area (Å²) in [5.41, 5.74) is -0.507. The van der Waals surface area contributed by atoms with Crippen LogP contribution in [0, 0.1) is 5.95 Å². The Morgan fingerprint density at radius 3 is 2.78 bits per heavy atom. The van der Waals surface area contributed by atoms with Crippen LogP contribution in [-0.4, -0.2) is 4.98 Å². The molecule has 1 N–H and O–H groups in total. The molecular formula is C5H3ClFNO. The van der Waals surface area contributed by atoms with E-state index in [1.54, 1.807) is 0 Å². The SMILES string of the molecule is O=c1cc(F)[nH]cc1Cl. The number of hydrogen-bond acceptors (Lipinski definition) is 1. The molecule has 4 heteroatoms. The summed E-state index contributed by atoms with van der Waals surface area (Å²) >= 11 is 5.27. The van der Waals surface area contributed by atoms with Gasteiger partial charge in [-0.3, -0.25) is 4.79 Å². The number of nitrogens with one attached hydrogen (secondary N) is 1. The van der Waals surface area contributed by atoms with Gasteiger partial charge in [-0.15, -0.1) is 0 Å². The highest BCUT2D eigenvalue weighted by atomic mass is 35.5. The maximum atomic E-state index is 12.0. The quantitative estimate of drug-likeness (QED) is 0.549. The van der Waals surface area contributed by atoms with Crippen molar-refractivity contribution in [3.8, 4) is 0 Å². The minimum Gasteiger partial charge on any atom is -0.337 e. The topological polar surface area (TPSA) is 32.9 Å². The van der Waals surface area contributed by atoms with Crippen molar-refractivity contribution in [3.05, 3.63) is 33.5 Å². The van der Waals surface area contributed by atoms with E-state index in [0.29, 0.717) is 0 Å². The third kappa shape index (κ3) is 1.29. The van der Waals surface area contributed by atoms with Gasteiger partial charge in [0.1, 0.15) is 5.02 Å². The first-order valence-corrected chi connectivity index (χ1v) is 2.61. The van der Waals surface area contributed by atoms with Gasteiger partial charge in [-0.25, -0.2) is 0 Å². The van der Waals surface area contributed by atoms with Crippen LogP contribution < -0.4 is 5.43 Å². The minimum absolute atomic E-state index is 0.00333. The summed E-state index contributed by atoms with van der Waals surface area (Å²) in [7, 11) is 0. The molecule has 0 saturated heterocycles. The van der Waals surface area contributed by atoms with Gasteiger partial charge < -0.3 is 4.98 Å². The molecule has 2 nitrogen and oxygen atoms in total. The molecule has 0 spiro atoms. The Labute approximate surface area is 55.3 Å². The number of halogens is 2. The fourth-order valence-electron chi connectivity index (χ4n) is 0.429. The van der Waals surface area contributed by atoms with E-state index in [4.69, 9.17) is 11.6 Å². The van der Waals surface area contributed by atoms with E-state index >= 15 is 0 Å². The van der Waals surface area contributed by atoms with Crippen LogP contribution in [0.25, 0.3) is 0 Å². The summed E-state index contributed by atoms with van der Waals surface area (Å²) < 4.78 is 12.0. The molecule has 0 aliphatic carbocycles. The maximum absolute atomic E-state index is 12.0. The third-order valence-electron chi connectivity index (χ3n) is 0.830. The second-order valence-corrected chi connectivity index (χ2v) is 1.90. The zero-order chi connectivity index (χ0) is 6.85. The van der Waals surface area contributed by atoms with Gasteiger partial charge in [-0.05, 0) is 0 Å². The highest BCUT2D eigenvalue weighted by Gasteiger charge is 1.94. The summed E-state index contributed by atoms with van der Waals surface area (Å²) in [6.45, 7) is 0. The summed E-state index contributed by atoms with van der Waals surface area (Å²) in [4.78, 5) is 12.6. The van der Waals surface area contributed by atoms with Gasteiger partial charge in [0.25, 0.3) is 0 Å². The van der Waals surface area contributed by atoms with Crippen LogP contribution in [0.3, 0.4) is 0 Å². The Morgan fingerprint density at radius 2 is 2.33 bits per heavy atom. The minimum atomic E-state index is -0.676. The first kappa shape index (κ1) is 6.29. The average molecular weight is 148 g/mol. The molecule has 0 unspecified atom stereocenters. The fraction of sp³-hybridized carbons (Fsp3) is 0. The van der Waals surface area contributed by atoms with E-state index in [0.717, 1.165) is 12.3 Å². The Hall–Kier alpha value is -0.830. The van der Waals surface area contributed by atoms with Crippen molar-refractivity contribution < 1.29 is 4.39 Å². The van der Waals surface area contributed by atoms with Crippen molar-refractivity contribution in [2.24, 2.45) is 0 Å². The Morgan fingerprint density at radius 1 is 1.67 bits per heavy atom. The number of aromatic amines is 1. The predicted molar refractivity (Wildman–Crippen MR) is 32.0 cm³/mol. The zero-order valence-electron chi connectivity index (χ0n) is 4.32. The molecule has 0 saturated carbocycles. The van der Waals surface area contributed by atoms with E-state index in [1.807, 2.05) is 0 Å². The van der Waals surface area contributed by atoms with E-state index in [-0.39, 0.29) is 5.02 Å². The van der Waals surface area contributed by atoms with Crippen LogP contribution in [0.4, 0.5) is 4.39 Å². The Kier molecular flexibility index (Phi) is 1.53. The highest BCUT2D eigenvalue weighted by Crippen LogP contribution is 1.96. The van der Waals surface area contributed by atoms with Gasteiger partial charge >= 0.3 is 0 Å². The van der Waals surface area contributed by atoms with Gasteiger partial charge in [-0.2, -0.15) is 4.39 Å². The molecule has 0 amide bonds. The van der Waals surface area contributed by atoms with Gasteiger partial charge in [0.05, 0.1) is 0 Å². The van der Waals surface area contributed by atoms with Crippen molar-refractivity contribution in [3.63, 3.8) is 0 Å². The first-order chi connectivity index (χ1) is 4.20. The molecule has 1 rings (SSSR count). The molecule has 0 bridgehead atoms. The lowest BCUT2D eigenvalue weighted by atomic mass is 10.5. The molecule has 0 aromatic carbocycles. The van der Waals surface area contributed by atoms with E-state index in [9.17, 15) is 9.18 Å². The van der Waals surface area contributed by atoms with Crippen molar-refractivity contribution in [2.45, 2.75) is 0 Å². The lowest BCUT2D eigenvalue weighted by molar-refractivity contribution is 0.582. The zero-order valence-corrected chi connectivity index (χ0v) is 5.07. The molecule has 0 aliphatic rings. The normalized spacial score (nSPS) is 9.56. The number of H-pyrrole nitrogens is 1. The summed E-state index contributed by atoms with van der Waals surface area (Å²) in [6.07, 6.45) is 1.11. The second kappa shape index (κ2) is 2.19. The van der Waals surface area contributed by atoms with Crippen LogP contribution in [0.5, 0.6) is 0 Å². The summed E-state index contributed by atoms with van der Waals surface area (Å²) in [5, 5.41) is -0.00333. The van der Waals surface area contributed by atoms with Gasteiger partial charge in [0, 0.05) is 12.3 Å². The monoisotopic (exact) mass is 147 g/mol. The van der Waals surface area contributed by atoms with Crippen molar-refractivity contribution >= 4 is 11.6 Å². The van der Waals surface area contributed by atoms with Gasteiger partial charge in [-0.1, -0.05) is 11.6 Å². The summed E-state index contributed by atoms with van der Waals surface area (Å²) in [5.74, 6) is -0.676. The number of aromatic nitrogens is 1. The van der Waals surface area contributed by atoms with Crippen LogP contribution in [-0.2, 0) is 0 Å². The number of pyridine rings is 1. The third-order valence-corrected chi connectivity index (χ3v) is 1.13. The Balaban J connectivity index is 3.34. The number of hydrogen-bond donors (Lipinski definition) is 1. The Bertz CT molecular complexity index is 270. The van der Waals surface area contributed by atoms with Crippen molar-refractivity contribution in [1.82, 2.24) is 4.98 Å². The van der Waals surface area contributed by atoms with Crippen LogP contribution in [0.15, 0.2) is 17.1 Å². The van der Waals surface area contributed by atoms with Crippen LogP contribution in [0.2, 0.25) is 5.02 Å². The van der Waals surface area contributed by atoms with Crippen molar-refractivity contribution in [1.29, 1.82) is 0 Å². The molecule has 0 aliphatic heterocycles.